The lowest BCUT2D eigenvalue weighted by Crippen LogP contribution is -2.46. The quantitative estimate of drug-likeness (QED) is 0.347. The number of carbonyl (C=O) groups excluding carboxylic acids is 1. The van der Waals surface area contributed by atoms with E-state index < -0.39 is 23.3 Å². The Bertz CT molecular complexity index is 1070. The van der Waals surface area contributed by atoms with E-state index in [-0.39, 0.29) is 13.0 Å². The second-order valence-electron chi connectivity index (χ2n) is 8.90. The fourth-order valence-corrected chi connectivity index (χ4v) is 4.31. The minimum atomic E-state index is -1.11. The van der Waals surface area contributed by atoms with Crippen molar-refractivity contribution in [2.24, 2.45) is 0 Å². The van der Waals surface area contributed by atoms with E-state index in [0.717, 1.165) is 50.2 Å². The van der Waals surface area contributed by atoms with Gasteiger partial charge in [-0.2, -0.15) is 10.4 Å². The molecule has 10 nitrogen and oxygen atoms in total. The Morgan fingerprint density at radius 3 is 2.91 bits per heavy atom. The topological polar surface area (TPSA) is 153 Å². The molecule has 4 N–H and O–H groups in total. The number of ether oxygens (including phenoxy) is 1. The van der Waals surface area contributed by atoms with Gasteiger partial charge in [-0.15, -0.1) is 0 Å². The predicted molar refractivity (Wildman–Crippen MR) is 123 cm³/mol. The lowest BCUT2D eigenvalue weighted by molar-refractivity contribution is -0.142. The number of pyridine rings is 1. The Morgan fingerprint density at radius 2 is 2.15 bits per heavy atom. The van der Waals surface area contributed by atoms with Crippen LogP contribution in [0, 0.1) is 11.3 Å². The molecule has 2 aromatic heterocycles. The molecule has 2 aliphatic rings. The number of hydrogen-bond donors (Lipinski definition) is 4. The van der Waals surface area contributed by atoms with Crippen molar-refractivity contribution in [2.75, 3.05) is 25.1 Å². The van der Waals surface area contributed by atoms with E-state index in [4.69, 9.17) is 4.74 Å². The number of nitriles is 1. The van der Waals surface area contributed by atoms with Crippen LogP contribution in [-0.2, 0) is 32.6 Å². The third kappa shape index (κ3) is 5.37. The minimum absolute atomic E-state index is 0.168. The second-order valence-corrected chi connectivity index (χ2v) is 8.90. The van der Waals surface area contributed by atoms with Crippen molar-refractivity contribution < 1.29 is 19.4 Å². The minimum Gasteiger partial charge on any atom is -0.480 e. The van der Waals surface area contributed by atoms with Gasteiger partial charge in [0.25, 0.3) is 0 Å². The molecule has 1 aliphatic carbocycles. The van der Waals surface area contributed by atoms with Crippen LogP contribution in [0.2, 0.25) is 0 Å². The van der Waals surface area contributed by atoms with E-state index in [9.17, 15) is 20.0 Å². The zero-order valence-corrected chi connectivity index (χ0v) is 19.1. The fourth-order valence-electron chi connectivity index (χ4n) is 4.31. The Hall–Kier alpha value is -3.45. The number of anilines is 1. The molecule has 180 valence electrons. The number of carboxylic acid groups (broad SMARTS) is 1. The van der Waals surface area contributed by atoms with Gasteiger partial charge < -0.3 is 20.5 Å². The summed E-state index contributed by atoms with van der Waals surface area (Å²) in [6.45, 7) is 1.73. The molecule has 3 heterocycles. The second kappa shape index (κ2) is 10.7. The van der Waals surface area contributed by atoms with Crippen LogP contribution < -0.4 is 10.6 Å². The number of H-pyrrole nitrogens is 1. The van der Waals surface area contributed by atoms with Crippen molar-refractivity contribution in [1.29, 1.82) is 5.26 Å². The fraction of sp³-hybridized carbons (Fsp3) is 0.542. The number of carbonyl (C=O) groups is 2. The highest BCUT2D eigenvalue weighted by Crippen LogP contribution is 2.48. The van der Waals surface area contributed by atoms with Gasteiger partial charge in [0.1, 0.15) is 17.9 Å². The van der Waals surface area contributed by atoms with Crippen LogP contribution in [0.25, 0.3) is 0 Å². The van der Waals surface area contributed by atoms with Crippen LogP contribution in [0.5, 0.6) is 0 Å². The van der Waals surface area contributed by atoms with Gasteiger partial charge in [-0.1, -0.05) is 6.07 Å². The molecule has 0 aromatic carbocycles. The largest absolute Gasteiger partial charge is 0.480 e. The van der Waals surface area contributed by atoms with Crippen molar-refractivity contribution in [1.82, 2.24) is 20.5 Å². The zero-order chi connectivity index (χ0) is 24.0. The normalized spacial score (nSPS) is 16.6. The maximum Gasteiger partial charge on any atom is 0.326 e. The standard InChI is InChI=1S/C24H30N6O4/c25-14-17-15-27-30-20(17)24(9-10-24)23(33)29-19(22(31)32)8-13-34-12-2-1-5-18-7-6-16-4-3-11-26-21(16)28-18/h6-7,15,19H,1-5,8-13H2,(H,26,28)(H,27,30)(H,29,33)(H,31,32)/t19-/m0/s1. The molecule has 0 saturated heterocycles. The van der Waals surface area contributed by atoms with E-state index >= 15 is 0 Å². The van der Waals surface area contributed by atoms with Crippen LogP contribution in [0.15, 0.2) is 18.3 Å². The number of carboxylic acids is 1. The molecular formula is C24H30N6O4. The smallest absolute Gasteiger partial charge is 0.326 e. The van der Waals surface area contributed by atoms with Crippen molar-refractivity contribution in [3.63, 3.8) is 0 Å². The van der Waals surface area contributed by atoms with Gasteiger partial charge in [0.05, 0.1) is 16.7 Å². The summed E-state index contributed by atoms with van der Waals surface area (Å²) in [5.41, 5.74) is 2.12. The molecule has 1 aliphatic heterocycles. The van der Waals surface area contributed by atoms with Crippen molar-refractivity contribution in [2.45, 2.75) is 62.8 Å². The Labute approximate surface area is 198 Å². The van der Waals surface area contributed by atoms with Crippen LogP contribution in [0.1, 0.15) is 61.0 Å². The van der Waals surface area contributed by atoms with Crippen LogP contribution in [0.3, 0.4) is 0 Å². The molecule has 1 fully saturated rings. The van der Waals surface area contributed by atoms with Crippen molar-refractivity contribution in [3.05, 3.63) is 40.8 Å². The van der Waals surface area contributed by atoms with E-state index in [2.05, 4.69) is 37.9 Å². The number of unbranched alkanes of at least 4 members (excludes halogenated alkanes) is 1. The molecule has 1 atom stereocenters. The predicted octanol–water partition coefficient (Wildman–Crippen LogP) is 2.07. The number of fused-ring (bicyclic) bond motifs is 1. The highest BCUT2D eigenvalue weighted by Gasteiger charge is 2.55. The summed E-state index contributed by atoms with van der Waals surface area (Å²) in [5, 5.41) is 31.4. The Morgan fingerprint density at radius 1 is 1.29 bits per heavy atom. The summed E-state index contributed by atoms with van der Waals surface area (Å²) in [5.74, 6) is -0.510. The monoisotopic (exact) mass is 466 g/mol. The zero-order valence-electron chi connectivity index (χ0n) is 19.1. The molecule has 4 rings (SSSR count). The van der Waals surface area contributed by atoms with Gasteiger partial charge >= 0.3 is 5.97 Å². The SMILES string of the molecule is N#Cc1c[nH]nc1C1(C(=O)N[C@@H](CCOCCCCc2ccc3c(n2)NCCC3)C(=O)O)CC1. The maximum atomic E-state index is 12.8. The molecule has 0 spiro atoms. The van der Waals surface area contributed by atoms with Gasteiger partial charge in [-0.3, -0.25) is 9.89 Å². The summed E-state index contributed by atoms with van der Waals surface area (Å²) >= 11 is 0. The first kappa shape index (κ1) is 23.7. The number of nitrogens with one attached hydrogen (secondary N) is 3. The van der Waals surface area contributed by atoms with E-state index in [1.54, 1.807) is 0 Å². The highest BCUT2D eigenvalue weighted by molar-refractivity contribution is 5.94. The number of aliphatic carboxylic acids is 1. The highest BCUT2D eigenvalue weighted by atomic mass is 16.5. The third-order valence-electron chi connectivity index (χ3n) is 6.48. The van der Waals surface area contributed by atoms with Gasteiger partial charge in [-0.25, -0.2) is 9.78 Å². The average molecular weight is 467 g/mol. The Kier molecular flexibility index (Phi) is 7.43. The first-order valence-corrected chi connectivity index (χ1v) is 11.8. The molecule has 1 amide bonds. The number of aromatic nitrogens is 3. The summed E-state index contributed by atoms with van der Waals surface area (Å²) in [7, 11) is 0. The van der Waals surface area contributed by atoms with Crippen LogP contribution in [-0.4, -0.2) is 58.0 Å². The van der Waals surface area contributed by atoms with Gasteiger partial charge in [-0.05, 0) is 56.6 Å². The molecule has 1 saturated carbocycles. The van der Waals surface area contributed by atoms with Gasteiger partial charge in [0, 0.05) is 38.1 Å². The molecular weight excluding hydrogens is 436 g/mol. The molecule has 0 unspecified atom stereocenters. The molecule has 0 radical (unpaired) electrons. The van der Waals surface area contributed by atoms with E-state index in [0.29, 0.717) is 30.7 Å². The summed E-state index contributed by atoms with van der Waals surface area (Å²) in [6, 6.07) is 5.20. The summed E-state index contributed by atoms with van der Waals surface area (Å²) in [6.07, 6.45) is 7.55. The number of aryl methyl sites for hydroxylation is 2. The van der Waals surface area contributed by atoms with E-state index in [1.807, 2.05) is 6.07 Å². The number of amides is 1. The lowest BCUT2D eigenvalue weighted by atomic mass is 9.97. The van der Waals surface area contributed by atoms with Crippen LogP contribution >= 0.6 is 0 Å². The van der Waals surface area contributed by atoms with Gasteiger partial charge in [0.2, 0.25) is 5.91 Å². The molecule has 2 aromatic rings. The van der Waals surface area contributed by atoms with Crippen molar-refractivity contribution in [3.8, 4) is 6.07 Å². The Balaban J connectivity index is 1.17. The first-order chi connectivity index (χ1) is 16.5. The molecule has 0 bridgehead atoms. The maximum absolute atomic E-state index is 12.8. The summed E-state index contributed by atoms with van der Waals surface area (Å²) < 4.78 is 5.63. The molecule has 34 heavy (non-hydrogen) atoms. The van der Waals surface area contributed by atoms with Gasteiger partial charge in [0.15, 0.2) is 0 Å². The average Bonchev–Trinajstić information content (AvgIpc) is 3.51. The number of nitrogens with zero attached hydrogens (tertiary/aromatic N) is 3. The number of aromatic amines is 1. The lowest BCUT2D eigenvalue weighted by Gasteiger charge is -2.19. The first-order valence-electron chi connectivity index (χ1n) is 11.8. The number of hydrogen-bond acceptors (Lipinski definition) is 7. The van der Waals surface area contributed by atoms with Crippen molar-refractivity contribution >= 4 is 17.7 Å². The van der Waals surface area contributed by atoms with E-state index in [1.165, 1.54) is 11.8 Å². The van der Waals surface area contributed by atoms with Crippen LogP contribution in [0.4, 0.5) is 5.82 Å². The third-order valence-corrected chi connectivity index (χ3v) is 6.48. The number of rotatable bonds is 12. The summed E-state index contributed by atoms with van der Waals surface area (Å²) in [4.78, 5) is 29.2. The molecule has 10 heteroatoms.